The molecule has 3 aliphatic rings. The first-order chi connectivity index (χ1) is 14.4. The van der Waals surface area contributed by atoms with Gasteiger partial charge in [0.15, 0.2) is 0 Å². The number of allylic oxidation sites excluding steroid dienone is 1. The predicted octanol–water partition coefficient (Wildman–Crippen LogP) is 2.33. The Kier molecular flexibility index (Phi) is 4.96. The normalized spacial score (nSPS) is 37.9. The number of carbonyl (C=O) groups excluding carboxylic acids is 1. The minimum absolute atomic E-state index is 0.0169. The molecule has 7 nitrogen and oxygen atoms in total. The molecule has 0 heterocycles. The van der Waals surface area contributed by atoms with E-state index in [2.05, 4.69) is 0 Å². The van der Waals surface area contributed by atoms with E-state index < -0.39 is 29.2 Å². The summed E-state index contributed by atoms with van der Waals surface area (Å²) in [5, 5.41) is 43.1. The summed E-state index contributed by atoms with van der Waals surface area (Å²) < 4.78 is 10.8. The fourth-order valence-electron chi connectivity index (χ4n) is 6.44. The fourth-order valence-corrected chi connectivity index (χ4v) is 6.44. The molecular formula is C24H32O7. The van der Waals surface area contributed by atoms with E-state index >= 15 is 0 Å². The number of hydrogen-bond acceptors (Lipinski definition) is 7. The van der Waals surface area contributed by atoms with Crippen LogP contribution in [0.25, 0.3) is 0 Å². The van der Waals surface area contributed by atoms with Crippen molar-refractivity contribution >= 4 is 5.97 Å². The number of phenolic OH excluding ortho intramolecular Hbond substituents is 1. The van der Waals surface area contributed by atoms with Gasteiger partial charge in [-0.05, 0) is 48.3 Å². The average molecular weight is 433 g/mol. The van der Waals surface area contributed by atoms with Gasteiger partial charge in [-0.3, -0.25) is 0 Å². The second-order valence-electron chi connectivity index (χ2n) is 10.3. The van der Waals surface area contributed by atoms with Gasteiger partial charge in [0.05, 0.1) is 19.8 Å². The molecule has 0 aromatic heterocycles. The second kappa shape index (κ2) is 6.95. The van der Waals surface area contributed by atoms with Crippen molar-refractivity contribution in [3.8, 4) is 11.5 Å². The molecule has 6 unspecified atom stereocenters. The zero-order valence-electron chi connectivity index (χ0n) is 18.7. The number of phenols is 1. The lowest BCUT2D eigenvalue weighted by Crippen LogP contribution is -2.74. The third-order valence-corrected chi connectivity index (χ3v) is 8.10. The molecule has 0 spiro atoms. The highest BCUT2D eigenvalue weighted by Crippen LogP contribution is 2.68. The average Bonchev–Trinajstić information content (AvgIpc) is 2.92. The van der Waals surface area contributed by atoms with Crippen LogP contribution in [0.4, 0.5) is 0 Å². The van der Waals surface area contributed by atoms with Crippen LogP contribution in [0.5, 0.6) is 11.5 Å². The van der Waals surface area contributed by atoms with Crippen LogP contribution in [-0.2, 0) is 4.74 Å². The first-order valence-electron chi connectivity index (χ1n) is 10.7. The van der Waals surface area contributed by atoms with E-state index in [1.165, 1.54) is 13.2 Å². The van der Waals surface area contributed by atoms with E-state index in [0.717, 1.165) is 6.42 Å². The topological polar surface area (TPSA) is 116 Å². The van der Waals surface area contributed by atoms with Crippen molar-refractivity contribution < 1.29 is 34.7 Å². The van der Waals surface area contributed by atoms with Gasteiger partial charge in [-0.25, -0.2) is 4.79 Å². The van der Waals surface area contributed by atoms with Crippen molar-refractivity contribution in [2.24, 2.45) is 22.7 Å². The molecular weight excluding hydrogens is 400 g/mol. The summed E-state index contributed by atoms with van der Waals surface area (Å²) in [5.41, 5.74) is -1.68. The van der Waals surface area contributed by atoms with Crippen LogP contribution < -0.4 is 4.74 Å². The second-order valence-corrected chi connectivity index (χ2v) is 10.3. The van der Waals surface area contributed by atoms with E-state index in [1.807, 2.05) is 26.8 Å². The number of aryl methyl sites for hydroxylation is 1. The number of benzene rings is 1. The molecule has 0 radical (unpaired) electrons. The monoisotopic (exact) mass is 432 g/mol. The lowest BCUT2D eigenvalue weighted by molar-refractivity contribution is -0.260. The molecule has 7 heteroatoms. The Morgan fingerprint density at radius 1 is 1.23 bits per heavy atom. The summed E-state index contributed by atoms with van der Waals surface area (Å²) >= 11 is 0. The summed E-state index contributed by atoms with van der Waals surface area (Å²) in [4.78, 5) is 12.9. The SMILES string of the molecule is COc1cc(C)c(C(=O)OC2CC3(C)C4C(C=C(CO)C23O)CC(C)(C)C4O)c(O)c1. The summed E-state index contributed by atoms with van der Waals surface area (Å²) in [7, 11) is 1.47. The Morgan fingerprint density at radius 3 is 2.48 bits per heavy atom. The number of aliphatic hydroxyl groups is 3. The fraction of sp³-hybridized carbons (Fsp3) is 0.625. The highest BCUT2D eigenvalue weighted by atomic mass is 16.6. The minimum Gasteiger partial charge on any atom is -0.507 e. The molecule has 0 amide bonds. The van der Waals surface area contributed by atoms with Gasteiger partial charge in [-0.15, -0.1) is 0 Å². The van der Waals surface area contributed by atoms with Gasteiger partial charge < -0.3 is 29.9 Å². The van der Waals surface area contributed by atoms with Gasteiger partial charge in [0.1, 0.15) is 28.8 Å². The quantitative estimate of drug-likeness (QED) is 0.426. The molecule has 4 N–H and O–H groups in total. The molecule has 3 aliphatic carbocycles. The number of rotatable bonds is 4. The Hall–Kier alpha value is -2.09. The molecule has 4 rings (SSSR count). The zero-order valence-corrected chi connectivity index (χ0v) is 18.7. The summed E-state index contributed by atoms with van der Waals surface area (Å²) in [6.45, 7) is 7.23. The van der Waals surface area contributed by atoms with E-state index in [0.29, 0.717) is 23.3 Å². The number of methoxy groups -OCH3 is 1. The maximum Gasteiger partial charge on any atom is 0.342 e. The number of aliphatic hydroxyl groups excluding tert-OH is 2. The number of esters is 1. The van der Waals surface area contributed by atoms with Crippen LogP contribution in [0, 0.1) is 29.6 Å². The van der Waals surface area contributed by atoms with Crippen molar-refractivity contribution in [2.75, 3.05) is 13.7 Å². The van der Waals surface area contributed by atoms with Crippen molar-refractivity contribution in [3.63, 3.8) is 0 Å². The van der Waals surface area contributed by atoms with Gasteiger partial charge in [0.2, 0.25) is 0 Å². The van der Waals surface area contributed by atoms with Crippen molar-refractivity contribution in [1.29, 1.82) is 0 Å². The maximum absolute atomic E-state index is 12.9. The van der Waals surface area contributed by atoms with Gasteiger partial charge in [0.25, 0.3) is 0 Å². The minimum atomic E-state index is -1.57. The molecule has 170 valence electrons. The number of aromatic hydroxyl groups is 1. The molecule has 0 aliphatic heterocycles. The zero-order chi connectivity index (χ0) is 22.9. The summed E-state index contributed by atoms with van der Waals surface area (Å²) in [6.07, 6.45) is 1.48. The van der Waals surface area contributed by atoms with Crippen molar-refractivity contribution in [3.05, 3.63) is 34.9 Å². The lowest BCUT2D eigenvalue weighted by Gasteiger charge is -2.65. The van der Waals surface area contributed by atoms with Gasteiger partial charge >= 0.3 is 5.97 Å². The van der Waals surface area contributed by atoms with Gasteiger partial charge in [-0.2, -0.15) is 0 Å². The summed E-state index contributed by atoms with van der Waals surface area (Å²) in [6, 6.07) is 2.96. The molecule has 6 atom stereocenters. The van der Waals surface area contributed by atoms with E-state index in [-0.39, 0.29) is 35.2 Å². The standard InChI is InChI=1S/C24H32O7/c1-12-6-15(30-5)8-16(26)18(12)21(28)31-17-10-23(4)19-13(9-22(2,3)20(19)27)7-14(11-25)24(17,23)29/h6-8,13,17,19-20,25-27,29H,9-11H2,1-5H3. The number of ether oxygens (including phenoxy) is 2. The van der Waals surface area contributed by atoms with E-state index in [1.54, 1.807) is 13.0 Å². The van der Waals surface area contributed by atoms with Crippen LogP contribution in [0.15, 0.2) is 23.8 Å². The van der Waals surface area contributed by atoms with Gasteiger partial charge in [0, 0.05) is 17.4 Å². The molecule has 0 saturated heterocycles. The van der Waals surface area contributed by atoms with Crippen molar-refractivity contribution in [1.82, 2.24) is 0 Å². The maximum atomic E-state index is 12.9. The Morgan fingerprint density at radius 2 is 1.90 bits per heavy atom. The van der Waals surface area contributed by atoms with E-state index in [4.69, 9.17) is 9.47 Å². The third kappa shape index (κ3) is 2.86. The number of hydrogen-bond donors (Lipinski definition) is 4. The van der Waals surface area contributed by atoms with E-state index in [9.17, 15) is 25.2 Å². The third-order valence-electron chi connectivity index (χ3n) is 8.10. The largest absolute Gasteiger partial charge is 0.507 e. The Bertz CT molecular complexity index is 928. The number of fused-ring (bicyclic) bond motifs is 3. The van der Waals surface area contributed by atoms with Crippen LogP contribution in [0.3, 0.4) is 0 Å². The molecule has 2 fully saturated rings. The highest BCUT2D eigenvalue weighted by molar-refractivity contribution is 5.94. The smallest absolute Gasteiger partial charge is 0.342 e. The Balaban J connectivity index is 1.65. The summed E-state index contributed by atoms with van der Waals surface area (Å²) in [5.74, 6) is -0.741. The molecule has 2 saturated carbocycles. The highest BCUT2D eigenvalue weighted by Gasteiger charge is 2.74. The van der Waals surface area contributed by atoms with Gasteiger partial charge in [-0.1, -0.05) is 26.8 Å². The van der Waals surface area contributed by atoms with Crippen molar-refractivity contribution in [2.45, 2.75) is 58.3 Å². The predicted molar refractivity (Wildman–Crippen MR) is 113 cm³/mol. The van der Waals surface area contributed by atoms with Crippen LogP contribution in [0.2, 0.25) is 0 Å². The van der Waals surface area contributed by atoms with Crippen LogP contribution in [0.1, 0.15) is 49.5 Å². The Labute approximate surface area is 182 Å². The lowest BCUT2D eigenvalue weighted by atomic mass is 9.43. The van der Waals surface area contributed by atoms with Crippen LogP contribution >= 0.6 is 0 Å². The first kappa shape index (κ1) is 22.1. The molecule has 1 aromatic carbocycles. The van der Waals surface area contributed by atoms with Crippen LogP contribution in [-0.4, -0.2) is 57.9 Å². The molecule has 1 aromatic rings. The molecule has 0 bridgehead atoms. The molecule has 31 heavy (non-hydrogen) atoms. The first-order valence-corrected chi connectivity index (χ1v) is 10.7. The number of carbonyl (C=O) groups is 1.